The van der Waals surface area contributed by atoms with Crippen LogP contribution >= 0.6 is 0 Å². The van der Waals surface area contributed by atoms with Gasteiger partial charge in [-0.2, -0.15) is 18.2 Å². The van der Waals surface area contributed by atoms with Crippen LogP contribution in [-0.4, -0.2) is 26.2 Å². The number of rotatable bonds is 4. The Labute approximate surface area is 191 Å². The number of benzene rings is 1. The maximum atomic E-state index is 12.8. The molecule has 8 nitrogen and oxygen atoms in total. The summed E-state index contributed by atoms with van der Waals surface area (Å²) in [5, 5.41) is 6.56. The lowest BCUT2D eigenvalue weighted by Crippen LogP contribution is -2.14. The monoisotopic (exact) mass is 469 g/mol. The van der Waals surface area contributed by atoms with Crippen molar-refractivity contribution in [3.05, 3.63) is 65.4 Å². The van der Waals surface area contributed by atoms with Crippen molar-refractivity contribution in [2.75, 3.05) is 5.32 Å². The van der Waals surface area contributed by atoms with Crippen molar-refractivity contribution in [1.82, 2.24) is 20.1 Å². The van der Waals surface area contributed by atoms with Gasteiger partial charge in [0.2, 0.25) is 5.82 Å². The predicted octanol–water partition coefficient (Wildman–Crippen LogP) is 5.33. The summed E-state index contributed by atoms with van der Waals surface area (Å²) < 4.78 is 48.2. The van der Waals surface area contributed by atoms with E-state index in [1.807, 2.05) is 6.07 Å². The van der Waals surface area contributed by atoms with E-state index in [1.165, 1.54) is 23.9 Å². The minimum absolute atomic E-state index is 0.0590. The van der Waals surface area contributed by atoms with Crippen LogP contribution in [0.15, 0.2) is 47.2 Å². The Morgan fingerprint density at radius 3 is 2.82 bits per heavy atom. The van der Waals surface area contributed by atoms with Crippen molar-refractivity contribution in [2.24, 2.45) is 0 Å². The second kappa shape index (κ2) is 8.73. The lowest BCUT2D eigenvalue weighted by Gasteiger charge is -2.15. The number of carbonyl (C=O) groups excluding carboxylic acids is 1. The third-order valence-corrected chi connectivity index (χ3v) is 5.51. The van der Waals surface area contributed by atoms with Crippen LogP contribution in [0.5, 0.6) is 0 Å². The maximum absolute atomic E-state index is 12.8. The first-order valence-corrected chi connectivity index (χ1v) is 10.6. The van der Waals surface area contributed by atoms with Gasteiger partial charge in [-0.25, -0.2) is 4.79 Å². The average Bonchev–Trinajstić information content (AvgIpc) is 3.34. The first kappa shape index (κ1) is 21.8. The van der Waals surface area contributed by atoms with Gasteiger partial charge in [0, 0.05) is 34.6 Å². The zero-order valence-corrected chi connectivity index (χ0v) is 17.7. The molecule has 1 amide bonds. The molecule has 0 bridgehead atoms. The third-order valence-electron chi connectivity index (χ3n) is 5.51. The molecule has 1 N–H and O–H groups in total. The highest BCUT2D eigenvalue weighted by Crippen LogP contribution is 2.33. The second-order valence-electron chi connectivity index (χ2n) is 7.84. The Bertz CT molecular complexity index is 1370. The van der Waals surface area contributed by atoms with Crippen LogP contribution in [0.1, 0.15) is 35.6 Å². The van der Waals surface area contributed by atoms with E-state index in [0.29, 0.717) is 16.6 Å². The molecule has 0 atom stereocenters. The van der Waals surface area contributed by atoms with Crippen LogP contribution in [-0.2, 0) is 30.4 Å². The second-order valence-corrected chi connectivity index (χ2v) is 7.84. The van der Waals surface area contributed by atoms with Gasteiger partial charge >= 0.3 is 18.2 Å². The van der Waals surface area contributed by atoms with Crippen LogP contribution in [0.25, 0.3) is 22.3 Å². The number of ether oxygens (including phenoxy) is 1. The number of pyridine rings is 2. The topological polar surface area (TPSA) is 103 Å². The molecule has 3 heterocycles. The van der Waals surface area contributed by atoms with Crippen LogP contribution in [0.2, 0.25) is 0 Å². The number of alkyl halides is 3. The van der Waals surface area contributed by atoms with E-state index in [9.17, 15) is 18.0 Å². The fraction of sp³-hybridized carbons (Fsp3) is 0.261. The van der Waals surface area contributed by atoms with Gasteiger partial charge in [0.1, 0.15) is 6.61 Å². The SMILES string of the molecule is O=C(Nc1ccc(-c2noc(C(F)(F)F)n2)c2ncccc12)OCc1cnc2c(c1)CCCC2. The molecule has 174 valence electrons. The van der Waals surface area contributed by atoms with Gasteiger partial charge < -0.3 is 9.26 Å². The fourth-order valence-corrected chi connectivity index (χ4v) is 3.92. The number of hydrogen-bond donors (Lipinski definition) is 1. The Balaban J connectivity index is 1.34. The molecule has 0 fully saturated rings. The van der Waals surface area contributed by atoms with Gasteiger partial charge in [-0.1, -0.05) is 5.16 Å². The number of hydrogen-bond acceptors (Lipinski definition) is 7. The molecule has 0 saturated heterocycles. The molecular weight excluding hydrogens is 451 g/mol. The number of amides is 1. The van der Waals surface area contributed by atoms with E-state index < -0.39 is 18.2 Å². The highest BCUT2D eigenvalue weighted by atomic mass is 19.4. The Hall–Kier alpha value is -4.02. The van der Waals surface area contributed by atoms with E-state index in [-0.39, 0.29) is 18.0 Å². The van der Waals surface area contributed by atoms with E-state index in [1.54, 1.807) is 18.3 Å². The summed E-state index contributed by atoms with van der Waals surface area (Å²) in [5.74, 6) is -1.71. The summed E-state index contributed by atoms with van der Waals surface area (Å²) in [6.45, 7) is 0.0590. The first-order valence-electron chi connectivity index (χ1n) is 10.6. The lowest BCUT2D eigenvalue weighted by molar-refractivity contribution is -0.159. The zero-order valence-electron chi connectivity index (χ0n) is 17.7. The number of carbonyl (C=O) groups is 1. The molecule has 1 aliphatic carbocycles. The largest absolute Gasteiger partial charge is 0.471 e. The Kier molecular flexibility index (Phi) is 5.60. The highest BCUT2D eigenvalue weighted by Gasteiger charge is 2.38. The number of aryl methyl sites for hydroxylation is 2. The Morgan fingerprint density at radius 1 is 1.15 bits per heavy atom. The van der Waals surface area contributed by atoms with Gasteiger partial charge in [0.15, 0.2) is 0 Å². The van der Waals surface area contributed by atoms with Gasteiger partial charge in [0.05, 0.1) is 11.2 Å². The van der Waals surface area contributed by atoms with Crippen molar-refractivity contribution in [3.63, 3.8) is 0 Å². The van der Waals surface area contributed by atoms with Crippen molar-refractivity contribution >= 4 is 22.7 Å². The summed E-state index contributed by atoms with van der Waals surface area (Å²) >= 11 is 0. The summed E-state index contributed by atoms with van der Waals surface area (Å²) in [6.07, 6.45) is 1.94. The minimum atomic E-state index is -4.76. The molecule has 0 aliphatic heterocycles. The van der Waals surface area contributed by atoms with Crippen LogP contribution < -0.4 is 5.32 Å². The lowest BCUT2D eigenvalue weighted by atomic mass is 9.95. The van der Waals surface area contributed by atoms with Crippen LogP contribution in [0, 0.1) is 0 Å². The van der Waals surface area contributed by atoms with Gasteiger partial charge in [0.25, 0.3) is 0 Å². The van der Waals surface area contributed by atoms with Crippen molar-refractivity contribution in [3.8, 4) is 11.4 Å². The molecule has 1 aromatic carbocycles. The molecule has 0 unspecified atom stereocenters. The Morgan fingerprint density at radius 2 is 2.00 bits per heavy atom. The van der Waals surface area contributed by atoms with Crippen molar-refractivity contribution < 1.29 is 27.2 Å². The van der Waals surface area contributed by atoms with Crippen molar-refractivity contribution in [1.29, 1.82) is 0 Å². The van der Waals surface area contributed by atoms with E-state index in [2.05, 4.69) is 29.9 Å². The number of nitrogens with zero attached hydrogens (tertiary/aromatic N) is 4. The molecule has 4 aromatic rings. The molecule has 3 aromatic heterocycles. The third kappa shape index (κ3) is 4.41. The highest BCUT2D eigenvalue weighted by molar-refractivity contribution is 6.03. The molecule has 1 aliphatic rings. The van der Waals surface area contributed by atoms with Crippen LogP contribution in [0.4, 0.5) is 23.7 Å². The fourth-order valence-electron chi connectivity index (χ4n) is 3.92. The zero-order chi connectivity index (χ0) is 23.7. The molecule has 5 rings (SSSR count). The first-order chi connectivity index (χ1) is 16.4. The maximum Gasteiger partial charge on any atom is 0.471 e. The summed E-state index contributed by atoms with van der Waals surface area (Å²) in [7, 11) is 0. The number of nitrogens with one attached hydrogen (secondary N) is 1. The normalized spacial score (nSPS) is 13.5. The van der Waals surface area contributed by atoms with Gasteiger partial charge in [-0.05, 0) is 61.6 Å². The van der Waals surface area contributed by atoms with Crippen LogP contribution in [0.3, 0.4) is 0 Å². The molecule has 0 saturated carbocycles. The van der Waals surface area contributed by atoms with E-state index in [4.69, 9.17) is 4.74 Å². The molecule has 34 heavy (non-hydrogen) atoms. The molecule has 0 spiro atoms. The molecule has 0 radical (unpaired) electrons. The summed E-state index contributed by atoms with van der Waals surface area (Å²) in [6, 6.07) is 8.30. The van der Waals surface area contributed by atoms with E-state index >= 15 is 0 Å². The standard InChI is InChI=1S/C23H18F3N5O3/c24-23(25,26)21-30-20(31-34-21)16-7-8-18(15-5-3-9-27-19(15)16)29-22(32)33-12-13-10-14-4-1-2-6-17(14)28-11-13/h3,5,7-11H,1-2,4,6,12H2,(H,29,32). The summed E-state index contributed by atoms with van der Waals surface area (Å²) in [5.41, 5.74) is 4.00. The summed E-state index contributed by atoms with van der Waals surface area (Å²) in [4.78, 5) is 24.6. The number of anilines is 1. The van der Waals surface area contributed by atoms with Gasteiger partial charge in [-0.3, -0.25) is 15.3 Å². The number of aromatic nitrogens is 4. The van der Waals surface area contributed by atoms with Crippen molar-refractivity contribution in [2.45, 2.75) is 38.5 Å². The number of fused-ring (bicyclic) bond motifs is 2. The predicted molar refractivity (Wildman–Crippen MR) is 115 cm³/mol. The molecule has 11 heteroatoms. The van der Waals surface area contributed by atoms with E-state index in [0.717, 1.165) is 36.9 Å². The minimum Gasteiger partial charge on any atom is -0.444 e. The average molecular weight is 469 g/mol. The quantitative estimate of drug-likeness (QED) is 0.431. The van der Waals surface area contributed by atoms with Gasteiger partial charge in [-0.15, -0.1) is 0 Å². The smallest absolute Gasteiger partial charge is 0.444 e. The number of halogens is 3. The molecular formula is C23H18F3N5O3.